The lowest BCUT2D eigenvalue weighted by Crippen LogP contribution is -2.45. The van der Waals surface area contributed by atoms with E-state index < -0.39 is 17.9 Å². The number of benzene rings is 3. The van der Waals surface area contributed by atoms with E-state index in [4.69, 9.17) is 14.2 Å². The molecule has 16 nitrogen and oxygen atoms in total. The number of nitrogens with one attached hydrogen (secondary N) is 4. The van der Waals surface area contributed by atoms with E-state index in [-0.39, 0.29) is 54.8 Å². The maximum absolute atomic E-state index is 13.0. The van der Waals surface area contributed by atoms with Crippen LogP contribution in [0.1, 0.15) is 114 Å². The second-order valence-electron chi connectivity index (χ2n) is 16.0. The summed E-state index contributed by atoms with van der Waals surface area (Å²) in [6.07, 6.45) is 12.3. The summed E-state index contributed by atoms with van der Waals surface area (Å²) in [5.74, 6) is 0.641. The van der Waals surface area contributed by atoms with E-state index in [1.54, 1.807) is 48.5 Å². The Morgan fingerprint density at radius 1 is 0.836 bits per heavy atom. The molecule has 0 aliphatic heterocycles. The molecule has 1 atom stereocenters. The van der Waals surface area contributed by atoms with Gasteiger partial charge in [-0.2, -0.15) is 5.10 Å². The molecular weight excluding hydrogens is 857 g/mol. The van der Waals surface area contributed by atoms with Gasteiger partial charge >= 0.3 is 5.97 Å². The van der Waals surface area contributed by atoms with Gasteiger partial charge in [-0.05, 0) is 125 Å². The summed E-state index contributed by atoms with van der Waals surface area (Å²) in [6.45, 7) is 5.48. The summed E-state index contributed by atoms with van der Waals surface area (Å²) >= 11 is 0. The van der Waals surface area contributed by atoms with E-state index in [1.807, 2.05) is 24.3 Å². The Morgan fingerprint density at radius 3 is 2.25 bits per heavy atom. The first-order chi connectivity index (χ1) is 32.6. The molecule has 16 heteroatoms. The molecule has 1 aliphatic carbocycles. The van der Waals surface area contributed by atoms with Crippen LogP contribution in [0.2, 0.25) is 0 Å². The summed E-state index contributed by atoms with van der Waals surface area (Å²) in [4.78, 5) is 66.3. The minimum absolute atomic E-state index is 0.0865. The third kappa shape index (κ3) is 16.3. The van der Waals surface area contributed by atoms with Gasteiger partial charge in [-0.15, -0.1) is 6.58 Å². The summed E-state index contributed by atoms with van der Waals surface area (Å²) in [7, 11) is 1.50. The molecule has 6 N–H and O–H groups in total. The second kappa shape index (κ2) is 27.3. The summed E-state index contributed by atoms with van der Waals surface area (Å²) in [5.41, 5.74) is 7.13. The number of carbonyl (C=O) groups is 5. The topological polar surface area (TPSA) is 227 Å². The number of hydrazone groups is 1. The van der Waals surface area contributed by atoms with Crippen LogP contribution in [-0.2, 0) is 33.6 Å². The number of nitrogens with zero attached hydrogens (tertiary/aromatic N) is 2. The quantitative estimate of drug-likeness (QED) is 0.0139. The molecule has 4 aromatic rings. The highest BCUT2D eigenvalue weighted by Crippen LogP contribution is 2.33. The Morgan fingerprint density at radius 2 is 1.57 bits per heavy atom. The Kier molecular flexibility index (Phi) is 20.7. The maximum Gasteiger partial charge on any atom is 0.303 e. The molecule has 67 heavy (non-hydrogen) atoms. The number of rotatable bonds is 29. The van der Waals surface area contributed by atoms with Crippen LogP contribution in [0.5, 0.6) is 23.0 Å². The molecule has 1 aromatic heterocycles. The Hall–Kier alpha value is -7.23. The number of ketones is 1. The van der Waals surface area contributed by atoms with Crippen molar-refractivity contribution < 1.29 is 48.4 Å². The second-order valence-corrected chi connectivity index (χ2v) is 16.0. The number of phenolic OH excluding ortho intramolecular Hbond substituents is 1. The number of para-hydroxylation sites is 1. The van der Waals surface area contributed by atoms with Crippen LogP contribution in [0.3, 0.4) is 0 Å². The van der Waals surface area contributed by atoms with Gasteiger partial charge in [-0.1, -0.05) is 24.3 Å². The van der Waals surface area contributed by atoms with Gasteiger partial charge in [0.1, 0.15) is 34.9 Å². The van der Waals surface area contributed by atoms with E-state index in [2.05, 4.69) is 38.0 Å². The van der Waals surface area contributed by atoms with Crippen molar-refractivity contribution in [2.75, 3.05) is 38.8 Å². The lowest BCUT2D eigenvalue weighted by Gasteiger charge is -2.21. The van der Waals surface area contributed by atoms with Crippen LogP contribution in [0.15, 0.2) is 90.7 Å². The number of unbranched alkanes of at least 4 members (excludes halogenated alkanes) is 3. The number of allylic oxidation sites excluding steroid dienone is 1. The number of carboxylic acid groups (broad SMARTS) is 1. The molecule has 1 heterocycles. The summed E-state index contributed by atoms with van der Waals surface area (Å²) in [5, 5.41) is 31.6. The molecule has 0 saturated carbocycles. The van der Waals surface area contributed by atoms with Crippen LogP contribution >= 0.6 is 0 Å². The number of carbonyl (C=O) groups excluding carboxylic acids is 4. The number of hydrogen-bond donors (Lipinski definition) is 6. The predicted octanol–water partition coefficient (Wildman–Crippen LogP) is 7.12. The summed E-state index contributed by atoms with van der Waals surface area (Å²) < 4.78 is 18.3. The minimum Gasteiger partial charge on any atom is -0.507 e. The molecule has 0 bridgehead atoms. The average molecular weight is 919 g/mol. The molecule has 0 spiro atoms. The van der Waals surface area contributed by atoms with Gasteiger partial charge in [-0.3, -0.25) is 29.4 Å². The third-order valence-corrected chi connectivity index (χ3v) is 11.1. The van der Waals surface area contributed by atoms with Crippen molar-refractivity contribution in [3.63, 3.8) is 0 Å². The van der Waals surface area contributed by atoms with Crippen LogP contribution in [0.4, 0.5) is 5.82 Å². The van der Waals surface area contributed by atoms with Gasteiger partial charge < -0.3 is 40.4 Å². The lowest BCUT2D eigenvalue weighted by molar-refractivity contribution is -0.137. The number of likely N-dealkylation sites (N-methyl/N-ethyl adjacent to an activating group) is 1. The minimum atomic E-state index is -0.934. The molecular formula is C51H62N6O10. The Labute approximate surface area is 391 Å². The van der Waals surface area contributed by atoms with Gasteiger partial charge in [0.15, 0.2) is 5.78 Å². The molecule has 1 aliphatic rings. The molecule has 0 saturated heterocycles. The van der Waals surface area contributed by atoms with Gasteiger partial charge in [0.2, 0.25) is 11.8 Å². The van der Waals surface area contributed by atoms with E-state index in [0.717, 1.165) is 54.5 Å². The molecule has 1 unspecified atom stereocenters. The normalized spacial score (nSPS) is 12.4. The van der Waals surface area contributed by atoms with Crippen LogP contribution in [0.25, 0.3) is 0 Å². The fourth-order valence-electron chi connectivity index (χ4n) is 7.57. The molecule has 5 rings (SSSR count). The number of anilines is 1. The molecule has 3 aromatic carbocycles. The number of amides is 3. The Balaban J connectivity index is 0.980. The zero-order valence-corrected chi connectivity index (χ0v) is 38.2. The molecule has 0 fully saturated rings. The highest BCUT2D eigenvalue weighted by molar-refractivity contribution is 5.99. The third-order valence-electron chi connectivity index (χ3n) is 11.1. The van der Waals surface area contributed by atoms with Crippen molar-refractivity contribution in [1.82, 2.24) is 20.9 Å². The first-order valence-electron chi connectivity index (χ1n) is 22.9. The van der Waals surface area contributed by atoms with E-state index in [0.29, 0.717) is 86.7 Å². The number of carboxylic acids is 1. The van der Waals surface area contributed by atoms with Crippen molar-refractivity contribution in [1.29, 1.82) is 0 Å². The van der Waals surface area contributed by atoms with Gasteiger partial charge in [0.05, 0.1) is 31.6 Å². The van der Waals surface area contributed by atoms with Crippen molar-refractivity contribution in [2.45, 2.75) is 95.9 Å². The monoisotopic (exact) mass is 918 g/mol. The average Bonchev–Trinajstić information content (AvgIpc) is 3.32. The van der Waals surface area contributed by atoms with E-state index in [9.17, 15) is 34.2 Å². The number of hydrogen-bond acceptors (Lipinski definition) is 12. The van der Waals surface area contributed by atoms with Gasteiger partial charge in [0, 0.05) is 61.3 Å². The fraction of sp³-hybridized carbons (Fsp3) is 0.392. The zero-order chi connectivity index (χ0) is 47.8. The zero-order valence-electron chi connectivity index (χ0n) is 38.2. The lowest BCUT2D eigenvalue weighted by atomic mass is 9.86. The predicted molar refractivity (Wildman–Crippen MR) is 255 cm³/mol. The maximum atomic E-state index is 13.0. The largest absolute Gasteiger partial charge is 0.507 e. The SMILES string of the molecule is C=CCc1c(OCCCCCOc2cccc(OCCCC(=O)NCCCCC(NC(=O)c3ccc(N/N=C/c4ccccc4O)nc3)C(=O)NC)c2CCC(=O)O)ccc2c1CCCC2=O. The van der Waals surface area contributed by atoms with Gasteiger partial charge in [0.25, 0.3) is 5.91 Å². The number of ether oxygens (including phenoxy) is 3. The van der Waals surface area contributed by atoms with Crippen molar-refractivity contribution in [2.24, 2.45) is 5.10 Å². The number of phenols is 1. The molecule has 3 amide bonds. The van der Waals surface area contributed by atoms with Crippen molar-refractivity contribution in [3.05, 3.63) is 119 Å². The van der Waals surface area contributed by atoms with Crippen LogP contribution in [0, 0.1) is 0 Å². The molecule has 0 radical (unpaired) electrons. The number of aromatic hydroxyl groups is 1. The number of pyridine rings is 1. The number of Topliss-reactive ketones (excluding diaryl/α,β-unsaturated/α-hetero) is 1. The highest BCUT2D eigenvalue weighted by Gasteiger charge is 2.23. The summed E-state index contributed by atoms with van der Waals surface area (Å²) in [6, 6.07) is 18.2. The first-order valence-corrected chi connectivity index (χ1v) is 22.9. The fourth-order valence-corrected chi connectivity index (χ4v) is 7.57. The van der Waals surface area contributed by atoms with Crippen molar-refractivity contribution >= 4 is 41.5 Å². The highest BCUT2D eigenvalue weighted by atomic mass is 16.5. The smallest absolute Gasteiger partial charge is 0.303 e. The number of aliphatic carboxylic acids is 1. The molecule has 356 valence electrons. The standard InChI is InChI=1S/C51H62N6O10/c1-3-14-39-37-16-11-19-43(59)38(37)24-26-46(39)66-31-10-4-9-30-65-44-20-12-21-45(40(44)25-28-49(61)62)67-32-13-22-48(60)53-29-8-7-17-41(51(64)52-2)56-50(63)36-23-27-47(54-33-36)57-55-34-35-15-5-6-18-42(35)58/h3,5-6,12,15,18,20-21,23-24,26-27,33-34,41,58H,1,4,7-11,13-14,16-17,19,22,25,28-32H2,2H3,(H,52,64)(H,53,60)(H,54,57)(H,56,63)(H,61,62)/b55-34+. The van der Waals surface area contributed by atoms with E-state index >= 15 is 0 Å². The number of fused-ring (bicyclic) bond motifs is 1. The number of aromatic nitrogens is 1. The van der Waals surface area contributed by atoms with Gasteiger partial charge in [-0.25, -0.2) is 4.98 Å². The Bertz CT molecular complexity index is 2330. The van der Waals surface area contributed by atoms with Crippen LogP contribution < -0.4 is 35.6 Å². The first kappa shape index (κ1) is 50.8. The van der Waals surface area contributed by atoms with Crippen molar-refractivity contribution in [3.8, 4) is 23.0 Å². The van der Waals surface area contributed by atoms with Crippen LogP contribution in [-0.4, -0.2) is 90.3 Å². The van der Waals surface area contributed by atoms with E-state index in [1.165, 1.54) is 19.5 Å².